The number of phenolic OH excluding ortho intramolecular Hbond substituents is 1. The van der Waals surface area contributed by atoms with Crippen molar-refractivity contribution in [1.29, 1.82) is 5.26 Å². The molecule has 128 valence electrons. The molecule has 0 saturated carbocycles. The molecule has 0 aliphatic rings. The Morgan fingerprint density at radius 1 is 1.24 bits per heavy atom. The number of nitrogens with zero attached hydrogens (tertiary/aromatic N) is 2. The first-order chi connectivity index (χ1) is 11.6. The molecule has 0 radical (unpaired) electrons. The Kier molecular flexibility index (Phi) is 4.94. The number of aromatic hydroxyl groups is 1. The third-order valence-corrected chi connectivity index (χ3v) is 5.71. The number of nitrogens with one attached hydrogen (secondary N) is 1. The lowest BCUT2D eigenvalue weighted by atomic mass is 10.0. The fraction of sp³-hybridized carbons (Fsp3) is 0.176. The third-order valence-electron chi connectivity index (χ3n) is 3.88. The van der Waals surface area contributed by atoms with Crippen molar-refractivity contribution in [3.8, 4) is 11.8 Å². The summed E-state index contributed by atoms with van der Waals surface area (Å²) in [5.74, 6) is 0.104. The van der Waals surface area contributed by atoms with Crippen molar-refractivity contribution in [2.75, 3.05) is 4.72 Å². The second kappa shape index (κ2) is 6.64. The molecule has 2 aromatic carbocycles. The fourth-order valence-corrected chi connectivity index (χ4v) is 3.97. The third kappa shape index (κ3) is 3.39. The van der Waals surface area contributed by atoms with Gasteiger partial charge in [-0.05, 0) is 55.7 Å². The monoisotopic (exact) mass is 375 g/mol. The van der Waals surface area contributed by atoms with E-state index in [-0.39, 0.29) is 26.9 Å². The van der Waals surface area contributed by atoms with Crippen LogP contribution < -0.4 is 4.72 Å². The highest BCUT2D eigenvalue weighted by Gasteiger charge is 2.22. The van der Waals surface area contributed by atoms with Crippen molar-refractivity contribution in [1.82, 2.24) is 0 Å². The Hall–Kier alpha value is -2.74. The minimum atomic E-state index is -4.09. The molecule has 25 heavy (non-hydrogen) atoms. The van der Waals surface area contributed by atoms with E-state index < -0.39 is 10.0 Å². The first-order valence-electron chi connectivity index (χ1n) is 7.06. The lowest BCUT2D eigenvalue weighted by Crippen LogP contribution is -2.15. The second-order valence-electron chi connectivity index (χ2n) is 5.47. The van der Waals surface area contributed by atoms with Crippen LogP contribution in [0.1, 0.15) is 22.3 Å². The highest BCUT2D eigenvalue weighted by Crippen LogP contribution is 2.34. The summed E-state index contributed by atoms with van der Waals surface area (Å²) in [5.41, 5.74) is 1.87. The highest BCUT2D eigenvalue weighted by atomic mass is 35.5. The Balaban J connectivity index is 2.59. The van der Waals surface area contributed by atoms with Crippen molar-refractivity contribution in [2.45, 2.75) is 25.7 Å². The molecule has 2 aromatic rings. The maximum absolute atomic E-state index is 12.7. The van der Waals surface area contributed by atoms with Crippen molar-refractivity contribution in [3.05, 3.63) is 56.9 Å². The topological polar surface area (TPSA) is 94.6 Å². The van der Waals surface area contributed by atoms with E-state index in [4.69, 9.17) is 23.4 Å². The molecule has 0 atom stereocenters. The van der Waals surface area contributed by atoms with Crippen LogP contribution in [-0.2, 0) is 10.0 Å². The smallest absolute Gasteiger partial charge is 0.262 e. The van der Waals surface area contributed by atoms with E-state index in [0.717, 1.165) is 12.1 Å². The second-order valence-corrected chi connectivity index (χ2v) is 7.53. The lowest BCUT2D eigenvalue weighted by Gasteiger charge is -2.16. The van der Waals surface area contributed by atoms with Crippen LogP contribution in [0.4, 0.5) is 11.4 Å². The van der Waals surface area contributed by atoms with Gasteiger partial charge in [-0.15, -0.1) is 0 Å². The standard InChI is InChI=1S/C17H14ClN3O3S/c1-9-5-14(10(2)11(3)17(9)22)21-25(23,24)16-7-15(20-4)12(8-19)6-13(16)18/h5-7,21-22H,1-3H3. The summed E-state index contributed by atoms with van der Waals surface area (Å²) in [6.45, 7) is 12.1. The zero-order valence-corrected chi connectivity index (χ0v) is 15.2. The maximum Gasteiger partial charge on any atom is 0.262 e. The lowest BCUT2D eigenvalue weighted by molar-refractivity contribution is 0.466. The summed E-state index contributed by atoms with van der Waals surface area (Å²) in [6.07, 6.45) is 0. The first-order valence-corrected chi connectivity index (χ1v) is 8.92. The van der Waals surface area contributed by atoms with E-state index in [9.17, 15) is 13.5 Å². The van der Waals surface area contributed by atoms with Crippen molar-refractivity contribution < 1.29 is 13.5 Å². The van der Waals surface area contributed by atoms with Gasteiger partial charge in [0.1, 0.15) is 5.75 Å². The molecular weight excluding hydrogens is 362 g/mol. The van der Waals surface area contributed by atoms with Crippen LogP contribution in [0.25, 0.3) is 4.85 Å². The summed E-state index contributed by atoms with van der Waals surface area (Å²) < 4.78 is 27.8. The average Bonchev–Trinajstić information content (AvgIpc) is 2.56. The number of anilines is 1. The normalized spacial score (nSPS) is 10.8. The van der Waals surface area contributed by atoms with E-state index >= 15 is 0 Å². The Morgan fingerprint density at radius 3 is 2.44 bits per heavy atom. The first kappa shape index (κ1) is 18.6. The number of rotatable bonds is 3. The molecule has 8 heteroatoms. The van der Waals surface area contributed by atoms with Gasteiger partial charge in [0.05, 0.1) is 33.8 Å². The van der Waals surface area contributed by atoms with Crippen molar-refractivity contribution in [2.24, 2.45) is 0 Å². The van der Waals surface area contributed by atoms with Crippen LogP contribution >= 0.6 is 11.6 Å². The van der Waals surface area contributed by atoms with E-state index in [1.807, 2.05) is 0 Å². The van der Waals surface area contributed by atoms with Crippen LogP contribution in [0.15, 0.2) is 23.1 Å². The van der Waals surface area contributed by atoms with Crippen molar-refractivity contribution in [3.63, 3.8) is 0 Å². The predicted octanol–water partition coefficient (Wildman–Crippen LogP) is 4.19. The van der Waals surface area contributed by atoms with Gasteiger partial charge in [-0.3, -0.25) is 4.72 Å². The van der Waals surface area contributed by atoms with Crippen LogP contribution in [0.2, 0.25) is 5.02 Å². The molecule has 2 rings (SSSR count). The van der Waals surface area contributed by atoms with Crippen LogP contribution in [-0.4, -0.2) is 13.5 Å². The molecular formula is C17H14ClN3O3S. The van der Waals surface area contributed by atoms with Crippen molar-refractivity contribution >= 4 is 33.0 Å². The quantitative estimate of drug-likeness (QED) is 0.621. The van der Waals surface area contributed by atoms with Gasteiger partial charge < -0.3 is 5.11 Å². The zero-order valence-electron chi connectivity index (χ0n) is 13.7. The fourth-order valence-electron chi connectivity index (χ4n) is 2.30. The molecule has 0 heterocycles. The van der Waals surface area contributed by atoms with Gasteiger partial charge in [0.15, 0.2) is 0 Å². The average molecular weight is 376 g/mol. The SMILES string of the molecule is [C-]#[N+]c1cc(S(=O)(=O)Nc2cc(C)c(O)c(C)c2C)c(Cl)cc1C#N. The molecule has 0 unspecified atom stereocenters. The minimum Gasteiger partial charge on any atom is -0.507 e. The number of aryl methyl sites for hydroxylation is 1. The molecule has 0 fully saturated rings. The molecule has 0 spiro atoms. The van der Waals surface area contributed by atoms with Gasteiger partial charge in [0, 0.05) is 0 Å². The zero-order chi connectivity index (χ0) is 18.9. The van der Waals surface area contributed by atoms with E-state index in [0.29, 0.717) is 22.4 Å². The summed E-state index contributed by atoms with van der Waals surface area (Å²) in [6, 6.07) is 5.55. The minimum absolute atomic E-state index is 0.00597. The van der Waals surface area contributed by atoms with Gasteiger partial charge in [0.25, 0.3) is 10.0 Å². The molecule has 0 aliphatic carbocycles. The molecule has 0 aromatic heterocycles. The van der Waals surface area contributed by atoms with Gasteiger partial charge >= 0.3 is 0 Å². The number of halogens is 1. The van der Waals surface area contributed by atoms with E-state index in [2.05, 4.69) is 9.57 Å². The van der Waals surface area contributed by atoms with Crippen LogP contribution in [0, 0.1) is 38.7 Å². The van der Waals surface area contributed by atoms with Crippen LogP contribution in [0.3, 0.4) is 0 Å². The Labute approximate surface area is 151 Å². The molecule has 0 saturated heterocycles. The summed E-state index contributed by atoms with van der Waals surface area (Å²) in [7, 11) is -4.09. The summed E-state index contributed by atoms with van der Waals surface area (Å²) in [5, 5.41) is 18.8. The number of benzene rings is 2. The Bertz CT molecular complexity index is 1060. The molecule has 0 bridgehead atoms. The largest absolute Gasteiger partial charge is 0.507 e. The molecule has 6 nitrogen and oxygen atoms in total. The maximum atomic E-state index is 12.7. The number of hydrogen-bond acceptors (Lipinski definition) is 4. The number of nitriles is 1. The highest BCUT2D eigenvalue weighted by molar-refractivity contribution is 7.92. The molecule has 0 amide bonds. The van der Waals surface area contributed by atoms with Gasteiger partial charge in [0.2, 0.25) is 5.69 Å². The Morgan fingerprint density at radius 2 is 1.88 bits per heavy atom. The van der Waals surface area contributed by atoms with Crippen LogP contribution in [0.5, 0.6) is 5.75 Å². The van der Waals surface area contributed by atoms with E-state index in [1.165, 1.54) is 6.07 Å². The molecule has 2 N–H and O–H groups in total. The van der Waals surface area contributed by atoms with Gasteiger partial charge in [-0.25, -0.2) is 13.3 Å². The van der Waals surface area contributed by atoms with Gasteiger partial charge in [-0.2, -0.15) is 5.26 Å². The predicted molar refractivity (Wildman–Crippen MR) is 95.6 cm³/mol. The number of hydrogen-bond donors (Lipinski definition) is 2. The van der Waals surface area contributed by atoms with Gasteiger partial charge in [-0.1, -0.05) is 11.6 Å². The molecule has 0 aliphatic heterocycles. The number of phenols is 1. The number of sulfonamides is 1. The summed E-state index contributed by atoms with van der Waals surface area (Å²) in [4.78, 5) is 2.87. The van der Waals surface area contributed by atoms with E-state index in [1.54, 1.807) is 26.8 Å². The summed E-state index contributed by atoms with van der Waals surface area (Å²) >= 11 is 6.00.